The molecule has 1 fully saturated rings. The molecule has 0 unspecified atom stereocenters. The van der Waals surface area contributed by atoms with Crippen LogP contribution in [0.2, 0.25) is 0 Å². The van der Waals surface area contributed by atoms with Crippen LogP contribution in [0.1, 0.15) is 47.5 Å². The number of hydrogen-bond donors (Lipinski definition) is 0. The van der Waals surface area contributed by atoms with E-state index in [1.807, 2.05) is 76.2 Å². The molecule has 1 aromatic heterocycles. The fourth-order valence-electron chi connectivity index (χ4n) is 3.25. The molecule has 31 heavy (non-hydrogen) atoms. The minimum Gasteiger partial charge on any atom is -0.494 e. The average Bonchev–Trinajstić information content (AvgIpc) is 3.31. The lowest BCUT2D eigenvalue weighted by Crippen LogP contribution is -2.41. The summed E-state index contributed by atoms with van der Waals surface area (Å²) in [6.07, 6.45) is 2.16. The van der Waals surface area contributed by atoms with E-state index >= 15 is 0 Å². The zero-order valence-electron chi connectivity index (χ0n) is 18.8. The second-order valence-electron chi connectivity index (χ2n) is 8.85. The maximum Gasteiger partial charge on any atom is 0.494 e. The lowest BCUT2D eigenvalue weighted by molar-refractivity contribution is 0.00578. The van der Waals surface area contributed by atoms with Crippen LogP contribution in [-0.4, -0.2) is 35.1 Å². The Balaban J connectivity index is 1.45. The van der Waals surface area contributed by atoms with E-state index in [9.17, 15) is 0 Å². The van der Waals surface area contributed by atoms with Crippen LogP contribution in [0.5, 0.6) is 5.75 Å². The number of unbranched alkanes of at least 4 members (excludes halogenated alkanes) is 1. The lowest BCUT2D eigenvalue weighted by Gasteiger charge is -2.32. The summed E-state index contributed by atoms with van der Waals surface area (Å²) in [7, 11) is -0.393. The number of hydrogen-bond acceptors (Lipinski definition) is 6. The van der Waals surface area contributed by atoms with Crippen LogP contribution < -0.4 is 10.2 Å². The van der Waals surface area contributed by atoms with Crippen molar-refractivity contribution < 1.29 is 18.5 Å². The summed E-state index contributed by atoms with van der Waals surface area (Å²) in [4.78, 5) is 0. The van der Waals surface area contributed by atoms with Crippen LogP contribution in [0, 0.1) is 0 Å². The molecular weight excluding hydrogens is 391 g/mol. The molecule has 0 radical (unpaired) electrons. The molecule has 0 atom stereocenters. The van der Waals surface area contributed by atoms with Crippen molar-refractivity contribution in [3.05, 3.63) is 48.5 Å². The molecule has 2 heterocycles. The summed E-state index contributed by atoms with van der Waals surface area (Å²) < 4.78 is 23.8. The first-order valence-electron chi connectivity index (χ1n) is 10.8. The molecule has 162 valence electrons. The Bertz CT molecular complexity index is 997. The van der Waals surface area contributed by atoms with Gasteiger partial charge in [-0.15, -0.1) is 10.2 Å². The Kier molecular flexibility index (Phi) is 5.91. The van der Waals surface area contributed by atoms with E-state index in [-0.39, 0.29) is 11.2 Å². The van der Waals surface area contributed by atoms with Gasteiger partial charge in [0.2, 0.25) is 11.8 Å². The average molecular weight is 420 g/mol. The summed E-state index contributed by atoms with van der Waals surface area (Å²) in [5.41, 5.74) is 1.93. The summed E-state index contributed by atoms with van der Waals surface area (Å²) in [5.74, 6) is 1.79. The van der Waals surface area contributed by atoms with E-state index in [2.05, 4.69) is 17.1 Å². The number of aromatic nitrogens is 2. The molecule has 2 aromatic carbocycles. The van der Waals surface area contributed by atoms with Gasteiger partial charge in [-0.05, 0) is 76.0 Å². The molecule has 4 rings (SSSR count). The van der Waals surface area contributed by atoms with Crippen molar-refractivity contribution in [3.63, 3.8) is 0 Å². The van der Waals surface area contributed by atoms with Crippen LogP contribution in [0.3, 0.4) is 0 Å². The van der Waals surface area contributed by atoms with Gasteiger partial charge in [0.1, 0.15) is 5.75 Å². The Morgan fingerprint density at radius 1 is 0.806 bits per heavy atom. The van der Waals surface area contributed by atoms with Gasteiger partial charge in [-0.3, -0.25) is 0 Å². The predicted octanol–water partition coefficient (Wildman–Crippen LogP) is 4.88. The number of ether oxygens (including phenoxy) is 1. The minimum absolute atomic E-state index is 0.367. The molecule has 0 N–H and O–H groups in total. The van der Waals surface area contributed by atoms with Gasteiger partial charge < -0.3 is 18.5 Å². The zero-order valence-corrected chi connectivity index (χ0v) is 18.8. The minimum atomic E-state index is -0.393. The fourth-order valence-corrected chi connectivity index (χ4v) is 3.25. The molecule has 1 aliphatic rings. The van der Waals surface area contributed by atoms with E-state index in [0.29, 0.717) is 11.8 Å². The molecule has 6 nitrogen and oxygen atoms in total. The lowest BCUT2D eigenvalue weighted by atomic mass is 9.79. The van der Waals surface area contributed by atoms with Crippen molar-refractivity contribution in [2.75, 3.05) is 6.61 Å². The van der Waals surface area contributed by atoms with Gasteiger partial charge in [0, 0.05) is 11.1 Å². The summed E-state index contributed by atoms with van der Waals surface area (Å²) in [5, 5.41) is 8.41. The Morgan fingerprint density at radius 3 is 1.84 bits per heavy atom. The van der Waals surface area contributed by atoms with Crippen molar-refractivity contribution in [3.8, 4) is 28.7 Å². The third kappa shape index (κ3) is 4.53. The number of nitrogens with zero attached hydrogens (tertiary/aromatic N) is 2. The van der Waals surface area contributed by atoms with Crippen LogP contribution in [0.4, 0.5) is 0 Å². The van der Waals surface area contributed by atoms with Crippen LogP contribution in [0.25, 0.3) is 22.9 Å². The quantitative estimate of drug-likeness (QED) is 0.401. The molecule has 1 aliphatic heterocycles. The van der Waals surface area contributed by atoms with Crippen molar-refractivity contribution in [1.29, 1.82) is 0 Å². The predicted molar refractivity (Wildman–Crippen MR) is 121 cm³/mol. The normalized spacial score (nSPS) is 17.1. The SMILES string of the molecule is CCCCOc1ccc(-c2nnc(-c3ccc(B4OC(C)(C)C(C)(C)O4)cc3)o2)cc1. The van der Waals surface area contributed by atoms with Gasteiger partial charge >= 0.3 is 7.12 Å². The first-order chi connectivity index (χ1) is 14.8. The van der Waals surface area contributed by atoms with Gasteiger partial charge in [-0.25, -0.2) is 0 Å². The zero-order chi connectivity index (χ0) is 22.1. The van der Waals surface area contributed by atoms with Gasteiger partial charge in [-0.1, -0.05) is 25.5 Å². The van der Waals surface area contributed by atoms with Crippen molar-refractivity contribution in [2.24, 2.45) is 0 Å². The molecule has 0 bridgehead atoms. The van der Waals surface area contributed by atoms with Crippen molar-refractivity contribution in [2.45, 2.75) is 58.7 Å². The summed E-state index contributed by atoms with van der Waals surface area (Å²) in [6, 6.07) is 15.6. The summed E-state index contributed by atoms with van der Waals surface area (Å²) >= 11 is 0. The fraction of sp³-hybridized carbons (Fsp3) is 0.417. The van der Waals surface area contributed by atoms with Crippen LogP contribution in [0.15, 0.2) is 52.9 Å². The maximum absolute atomic E-state index is 6.11. The highest BCUT2D eigenvalue weighted by atomic mass is 16.7. The van der Waals surface area contributed by atoms with Crippen molar-refractivity contribution in [1.82, 2.24) is 10.2 Å². The molecule has 0 saturated carbocycles. The molecule has 0 amide bonds. The number of benzene rings is 2. The molecule has 1 saturated heterocycles. The monoisotopic (exact) mass is 420 g/mol. The van der Waals surface area contributed by atoms with Crippen LogP contribution >= 0.6 is 0 Å². The Morgan fingerprint density at radius 2 is 1.32 bits per heavy atom. The van der Waals surface area contributed by atoms with Gasteiger partial charge in [0.25, 0.3) is 0 Å². The first kappa shape index (κ1) is 21.6. The smallest absolute Gasteiger partial charge is 0.494 e. The third-order valence-corrected chi connectivity index (χ3v) is 5.98. The molecule has 3 aromatic rings. The number of rotatable bonds is 7. The van der Waals surface area contributed by atoms with E-state index in [4.69, 9.17) is 18.5 Å². The molecule has 0 spiro atoms. The second-order valence-corrected chi connectivity index (χ2v) is 8.85. The van der Waals surface area contributed by atoms with E-state index < -0.39 is 7.12 Å². The molecular formula is C24H29BN2O4. The van der Waals surface area contributed by atoms with Crippen molar-refractivity contribution >= 4 is 12.6 Å². The maximum atomic E-state index is 6.11. The molecule has 7 heteroatoms. The van der Waals surface area contributed by atoms with E-state index in [1.54, 1.807) is 0 Å². The highest BCUT2D eigenvalue weighted by Gasteiger charge is 2.51. The van der Waals surface area contributed by atoms with Gasteiger partial charge in [0.15, 0.2) is 0 Å². The van der Waals surface area contributed by atoms with Gasteiger partial charge in [0.05, 0.1) is 17.8 Å². The Hall–Kier alpha value is -2.64. The highest BCUT2D eigenvalue weighted by Crippen LogP contribution is 2.36. The largest absolute Gasteiger partial charge is 0.494 e. The third-order valence-electron chi connectivity index (χ3n) is 5.98. The first-order valence-corrected chi connectivity index (χ1v) is 10.8. The second kappa shape index (κ2) is 8.48. The van der Waals surface area contributed by atoms with E-state index in [0.717, 1.165) is 41.8 Å². The molecule has 0 aliphatic carbocycles. The van der Waals surface area contributed by atoms with E-state index in [1.165, 1.54) is 0 Å². The summed E-state index contributed by atoms with van der Waals surface area (Å²) in [6.45, 7) is 11.1. The van der Waals surface area contributed by atoms with Crippen LogP contribution in [-0.2, 0) is 9.31 Å². The standard InChI is InChI=1S/C24H29BN2O4/c1-6-7-16-28-20-14-10-18(11-15-20)22-27-26-21(29-22)17-8-12-19(13-9-17)25-30-23(2,3)24(4,5)31-25/h8-15H,6-7,16H2,1-5H3. The van der Waals surface area contributed by atoms with Gasteiger partial charge in [-0.2, -0.15) is 0 Å². The topological polar surface area (TPSA) is 66.6 Å². The Labute approximate surface area is 184 Å². The highest BCUT2D eigenvalue weighted by molar-refractivity contribution is 6.62.